The summed E-state index contributed by atoms with van der Waals surface area (Å²) in [4.78, 5) is 0. The summed E-state index contributed by atoms with van der Waals surface area (Å²) in [5.74, 6) is 0. The molecule has 0 aromatic carbocycles. The average Bonchev–Trinajstić information content (AvgIpc) is 2.48. The van der Waals surface area contributed by atoms with Crippen LogP contribution in [0.15, 0.2) is 18.3 Å². The summed E-state index contributed by atoms with van der Waals surface area (Å²) >= 11 is 0. The second-order valence-corrected chi connectivity index (χ2v) is 4.80. The lowest BCUT2D eigenvalue weighted by molar-refractivity contribution is 0.415. The van der Waals surface area contributed by atoms with Crippen LogP contribution >= 0.6 is 0 Å². The fourth-order valence-electron chi connectivity index (χ4n) is 1.42. The van der Waals surface area contributed by atoms with Crippen LogP contribution < -0.4 is 5.32 Å². The Morgan fingerprint density at radius 3 is 2.64 bits per heavy atom. The van der Waals surface area contributed by atoms with Crippen LogP contribution in [0.4, 0.5) is 0 Å². The van der Waals surface area contributed by atoms with Gasteiger partial charge in [-0.15, -0.1) is 0 Å². The topological polar surface area (TPSA) is 17.0 Å². The highest BCUT2D eigenvalue weighted by atomic mass is 15.0. The molecule has 0 aliphatic rings. The van der Waals surface area contributed by atoms with Gasteiger partial charge in [0, 0.05) is 30.5 Å². The van der Waals surface area contributed by atoms with Crippen molar-refractivity contribution in [3.05, 3.63) is 24.0 Å². The molecular formula is C12H22N2. The zero-order chi connectivity index (χ0) is 10.6. The van der Waals surface area contributed by atoms with Crippen molar-refractivity contribution in [2.75, 3.05) is 0 Å². The smallest absolute Gasteiger partial charge is 0.0363 e. The maximum Gasteiger partial charge on any atom is 0.0363 e. The predicted molar refractivity (Wildman–Crippen MR) is 61.3 cm³/mol. The first-order valence-corrected chi connectivity index (χ1v) is 5.42. The fraction of sp³-hybridized carbons (Fsp3) is 0.667. The molecule has 0 unspecified atom stereocenters. The molecule has 0 saturated carbocycles. The summed E-state index contributed by atoms with van der Waals surface area (Å²) in [7, 11) is 0. The van der Waals surface area contributed by atoms with Crippen LogP contribution in [-0.4, -0.2) is 10.1 Å². The Labute approximate surface area is 87.3 Å². The molecule has 0 saturated heterocycles. The van der Waals surface area contributed by atoms with Crippen molar-refractivity contribution >= 4 is 0 Å². The largest absolute Gasteiger partial charge is 0.350 e. The first-order valence-electron chi connectivity index (χ1n) is 5.42. The highest BCUT2D eigenvalue weighted by Gasteiger charge is 2.09. The number of nitrogens with one attached hydrogen (secondary N) is 1. The average molecular weight is 194 g/mol. The monoisotopic (exact) mass is 194 g/mol. The normalized spacial score (nSPS) is 12.0. The third-order valence-electron chi connectivity index (χ3n) is 2.19. The summed E-state index contributed by atoms with van der Waals surface area (Å²) in [6.45, 7) is 10.9. The lowest BCUT2D eigenvalue weighted by atomic mass is 10.1. The van der Waals surface area contributed by atoms with Gasteiger partial charge in [0.1, 0.15) is 0 Å². The molecule has 1 heterocycles. The van der Waals surface area contributed by atoms with Crippen LogP contribution in [0.1, 0.15) is 39.8 Å². The molecule has 0 aliphatic heterocycles. The molecule has 0 fully saturated rings. The van der Waals surface area contributed by atoms with Crippen LogP contribution in [0.5, 0.6) is 0 Å². The van der Waals surface area contributed by atoms with Crippen LogP contribution in [0.25, 0.3) is 0 Å². The Morgan fingerprint density at radius 1 is 1.36 bits per heavy atom. The summed E-state index contributed by atoms with van der Waals surface area (Å²) in [6, 6.07) is 4.31. The van der Waals surface area contributed by atoms with E-state index in [1.54, 1.807) is 0 Å². The highest BCUT2D eigenvalue weighted by Crippen LogP contribution is 2.06. The molecule has 1 aromatic heterocycles. The van der Waals surface area contributed by atoms with Crippen LogP contribution in [0.2, 0.25) is 0 Å². The first kappa shape index (κ1) is 11.3. The van der Waals surface area contributed by atoms with E-state index in [1.165, 1.54) is 12.1 Å². The quantitative estimate of drug-likeness (QED) is 0.780. The molecule has 2 heteroatoms. The van der Waals surface area contributed by atoms with E-state index in [2.05, 4.69) is 55.9 Å². The Balaban J connectivity index is 2.53. The van der Waals surface area contributed by atoms with Crippen molar-refractivity contribution in [2.45, 2.75) is 52.7 Å². The van der Waals surface area contributed by atoms with E-state index in [4.69, 9.17) is 0 Å². The number of nitrogens with zero attached hydrogens (tertiary/aromatic N) is 1. The van der Waals surface area contributed by atoms with Gasteiger partial charge in [-0.25, -0.2) is 0 Å². The SMILES string of the molecule is CCCn1cccc1CNC(C)(C)C. The van der Waals surface area contributed by atoms with Crippen molar-refractivity contribution in [2.24, 2.45) is 0 Å². The lowest BCUT2D eigenvalue weighted by Gasteiger charge is -2.21. The van der Waals surface area contributed by atoms with Gasteiger partial charge in [-0.3, -0.25) is 0 Å². The van der Waals surface area contributed by atoms with E-state index < -0.39 is 0 Å². The molecule has 14 heavy (non-hydrogen) atoms. The Kier molecular flexibility index (Phi) is 3.76. The molecular weight excluding hydrogens is 172 g/mol. The van der Waals surface area contributed by atoms with Gasteiger partial charge in [-0.2, -0.15) is 0 Å². The Morgan fingerprint density at radius 2 is 2.07 bits per heavy atom. The highest BCUT2D eigenvalue weighted by molar-refractivity contribution is 5.07. The van der Waals surface area contributed by atoms with Gasteiger partial charge in [-0.05, 0) is 39.3 Å². The maximum atomic E-state index is 3.50. The zero-order valence-corrected chi connectivity index (χ0v) is 9.80. The molecule has 80 valence electrons. The molecule has 0 aliphatic carbocycles. The first-order chi connectivity index (χ1) is 6.53. The molecule has 0 bridgehead atoms. The molecule has 1 N–H and O–H groups in total. The Bertz CT molecular complexity index is 268. The van der Waals surface area contributed by atoms with Gasteiger partial charge < -0.3 is 9.88 Å². The minimum atomic E-state index is 0.196. The van der Waals surface area contributed by atoms with Crippen LogP contribution in [0.3, 0.4) is 0 Å². The van der Waals surface area contributed by atoms with Crippen molar-refractivity contribution in [1.29, 1.82) is 0 Å². The number of hydrogen-bond acceptors (Lipinski definition) is 1. The molecule has 0 atom stereocenters. The lowest BCUT2D eigenvalue weighted by Crippen LogP contribution is -2.35. The van der Waals surface area contributed by atoms with E-state index in [0.29, 0.717) is 0 Å². The van der Waals surface area contributed by atoms with E-state index in [-0.39, 0.29) is 5.54 Å². The van der Waals surface area contributed by atoms with Gasteiger partial charge in [0.15, 0.2) is 0 Å². The van der Waals surface area contributed by atoms with Crippen LogP contribution in [0, 0.1) is 0 Å². The van der Waals surface area contributed by atoms with E-state index in [0.717, 1.165) is 13.1 Å². The summed E-state index contributed by atoms with van der Waals surface area (Å²) < 4.78 is 2.32. The zero-order valence-electron chi connectivity index (χ0n) is 9.80. The molecule has 1 rings (SSSR count). The number of hydrogen-bond donors (Lipinski definition) is 1. The second-order valence-electron chi connectivity index (χ2n) is 4.80. The second kappa shape index (κ2) is 4.65. The van der Waals surface area contributed by atoms with Crippen molar-refractivity contribution < 1.29 is 0 Å². The molecule has 0 spiro atoms. The van der Waals surface area contributed by atoms with E-state index in [1.807, 2.05) is 0 Å². The van der Waals surface area contributed by atoms with Gasteiger partial charge >= 0.3 is 0 Å². The standard InChI is InChI=1S/C12H22N2/c1-5-8-14-9-6-7-11(14)10-13-12(2,3)4/h6-7,9,13H,5,8,10H2,1-4H3. The minimum Gasteiger partial charge on any atom is -0.350 e. The molecule has 1 aromatic rings. The summed E-state index contributed by atoms with van der Waals surface area (Å²) in [6.07, 6.45) is 3.35. The third kappa shape index (κ3) is 3.54. The van der Waals surface area contributed by atoms with Gasteiger partial charge in [0.2, 0.25) is 0 Å². The predicted octanol–water partition coefficient (Wildman–Crippen LogP) is 2.79. The Hall–Kier alpha value is -0.760. The summed E-state index contributed by atoms with van der Waals surface area (Å²) in [5.41, 5.74) is 1.57. The molecule has 0 radical (unpaired) electrons. The van der Waals surface area contributed by atoms with Gasteiger partial charge in [0.05, 0.1) is 0 Å². The van der Waals surface area contributed by atoms with Crippen molar-refractivity contribution in [3.8, 4) is 0 Å². The van der Waals surface area contributed by atoms with Gasteiger partial charge in [0.25, 0.3) is 0 Å². The van der Waals surface area contributed by atoms with E-state index in [9.17, 15) is 0 Å². The number of rotatable bonds is 4. The fourth-order valence-corrected chi connectivity index (χ4v) is 1.42. The van der Waals surface area contributed by atoms with E-state index >= 15 is 0 Å². The summed E-state index contributed by atoms with van der Waals surface area (Å²) in [5, 5.41) is 3.50. The molecule has 0 amide bonds. The van der Waals surface area contributed by atoms with Crippen LogP contribution in [-0.2, 0) is 13.1 Å². The molecule has 2 nitrogen and oxygen atoms in total. The maximum absolute atomic E-state index is 3.50. The third-order valence-corrected chi connectivity index (χ3v) is 2.19. The van der Waals surface area contributed by atoms with Crippen molar-refractivity contribution in [1.82, 2.24) is 9.88 Å². The van der Waals surface area contributed by atoms with Gasteiger partial charge in [-0.1, -0.05) is 6.92 Å². The minimum absolute atomic E-state index is 0.196. The number of aryl methyl sites for hydroxylation is 1. The number of aromatic nitrogens is 1. The van der Waals surface area contributed by atoms with Crippen molar-refractivity contribution in [3.63, 3.8) is 0 Å².